The lowest BCUT2D eigenvalue weighted by Gasteiger charge is -2.17. The first-order chi connectivity index (χ1) is 7.77. The maximum absolute atomic E-state index is 5.37. The number of hydrogen-bond acceptors (Lipinski definition) is 3. The van der Waals surface area contributed by atoms with E-state index in [9.17, 15) is 0 Å². The van der Waals surface area contributed by atoms with Crippen LogP contribution >= 0.6 is 0 Å². The van der Waals surface area contributed by atoms with Crippen LogP contribution < -0.4 is 5.32 Å². The number of anilines is 1. The predicted octanol–water partition coefficient (Wildman–Crippen LogP) is 2.67. The lowest BCUT2D eigenvalue weighted by molar-refractivity contribution is 0.141. The summed E-state index contributed by atoms with van der Waals surface area (Å²) in [6.45, 7) is 6.22. The second-order valence-corrected chi connectivity index (χ2v) is 3.80. The monoisotopic (exact) mass is 223 g/mol. The second-order valence-electron chi connectivity index (χ2n) is 3.80. The van der Waals surface area contributed by atoms with Crippen molar-refractivity contribution in [3.63, 3.8) is 0 Å². The van der Waals surface area contributed by atoms with Crippen LogP contribution in [0.5, 0.6) is 0 Å². The standard InChI is InChI=1S/C13H21NO2/c1-4-16-9-11(2)14-13-8-6-5-7-12(13)10-15-3/h5-8,11,14H,4,9-10H2,1-3H3. The third kappa shape index (κ3) is 4.21. The van der Waals surface area contributed by atoms with Gasteiger partial charge in [-0.2, -0.15) is 0 Å². The zero-order valence-corrected chi connectivity index (χ0v) is 10.3. The summed E-state index contributed by atoms with van der Waals surface area (Å²) in [4.78, 5) is 0. The summed E-state index contributed by atoms with van der Waals surface area (Å²) in [5.74, 6) is 0. The Balaban J connectivity index is 2.57. The summed E-state index contributed by atoms with van der Waals surface area (Å²) in [7, 11) is 1.71. The molecule has 1 rings (SSSR count). The average Bonchev–Trinajstić information content (AvgIpc) is 2.29. The fourth-order valence-corrected chi connectivity index (χ4v) is 1.54. The van der Waals surface area contributed by atoms with E-state index in [0.717, 1.165) is 18.9 Å². The van der Waals surface area contributed by atoms with Crippen molar-refractivity contribution < 1.29 is 9.47 Å². The Morgan fingerprint density at radius 1 is 1.31 bits per heavy atom. The molecule has 3 heteroatoms. The molecule has 16 heavy (non-hydrogen) atoms. The minimum absolute atomic E-state index is 0.304. The maximum Gasteiger partial charge on any atom is 0.0733 e. The van der Waals surface area contributed by atoms with Gasteiger partial charge < -0.3 is 14.8 Å². The van der Waals surface area contributed by atoms with E-state index in [4.69, 9.17) is 9.47 Å². The quantitative estimate of drug-likeness (QED) is 0.771. The van der Waals surface area contributed by atoms with Gasteiger partial charge in [-0.1, -0.05) is 18.2 Å². The van der Waals surface area contributed by atoms with Crippen molar-refractivity contribution in [2.45, 2.75) is 26.5 Å². The highest BCUT2D eigenvalue weighted by Gasteiger charge is 2.05. The molecule has 3 nitrogen and oxygen atoms in total. The van der Waals surface area contributed by atoms with Crippen molar-refractivity contribution in [3.8, 4) is 0 Å². The molecule has 90 valence electrons. The number of nitrogens with one attached hydrogen (secondary N) is 1. The molecule has 0 aliphatic rings. The van der Waals surface area contributed by atoms with Gasteiger partial charge in [0.25, 0.3) is 0 Å². The van der Waals surface area contributed by atoms with Crippen LogP contribution in [0, 0.1) is 0 Å². The van der Waals surface area contributed by atoms with Gasteiger partial charge >= 0.3 is 0 Å². The molecule has 1 aromatic carbocycles. The molecule has 0 aliphatic carbocycles. The van der Waals surface area contributed by atoms with Gasteiger partial charge in [-0.25, -0.2) is 0 Å². The van der Waals surface area contributed by atoms with E-state index in [1.54, 1.807) is 7.11 Å². The van der Waals surface area contributed by atoms with E-state index < -0.39 is 0 Å². The van der Waals surface area contributed by atoms with Crippen molar-refractivity contribution in [2.24, 2.45) is 0 Å². The fraction of sp³-hybridized carbons (Fsp3) is 0.538. The number of benzene rings is 1. The smallest absolute Gasteiger partial charge is 0.0733 e. The topological polar surface area (TPSA) is 30.5 Å². The summed E-state index contributed by atoms with van der Waals surface area (Å²) in [6, 6.07) is 8.48. The highest BCUT2D eigenvalue weighted by atomic mass is 16.5. The van der Waals surface area contributed by atoms with Gasteiger partial charge in [-0.05, 0) is 19.9 Å². The summed E-state index contributed by atoms with van der Waals surface area (Å²) in [6.07, 6.45) is 0. The zero-order valence-electron chi connectivity index (χ0n) is 10.3. The lowest BCUT2D eigenvalue weighted by atomic mass is 10.1. The van der Waals surface area contributed by atoms with E-state index in [2.05, 4.69) is 24.4 Å². The molecule has 1 aromatic rings. The van der Waals surface area contributed by atoms with Crippen LogP contribution in [-0.2, 0) is 16.1 Å². The Morgan fingerprint density at radius 3 is 2.75 bits per heavy atom. The second kappa shape index (κ2) is 7.25. The molecule has 0 aromatic heterocycles. The van der Waals surface area contributed by atoms with Crippen LogP contribution in [0.25, 0.3) is 0 Å². The van der Waals surface area contributed by atoms with Crippen LogP contribution in [0.1, 0.15) is 19.4 Å². The maximum atomic E-state index is 5.37. The van der Waals surface area contributed by atoms with Gasteiger partial charge in [-0.3, -0.25) is 0 Å². The van der Waals surface area contributed by atoms with E-state index >= 15 is 0 Å². The highest BCUT2D eigenvalue weighted by molar-refractivity contribution is 5.51. The van der Waals surface area contributed by atoms with Crippen LogP contribution in [0.15, 0.2) is 24.3 Å². The Hall–Kier alpha value is -1.06. The van der Waals surface area contributed by atoms with Crippen molar-refractivity contribution in [1.29, 1.82) is 0 Å². The number of methoxy groups -OCH3 is 1. The summed E-state index contributed by atoms with van der Waals surface area (Å²) >= 11 is 0. The third-order valence-corrected chi connectivity index (χ3v) is 2.29. The molecule has 1 atom stereocenters. The van der Waals surface area contributed by atoms with Crippen molar-refractivity contribution in [2.75, 3.05) is 25.6 Å². The van der Waals surface area contributed by atoms with Crippen molar-refractivity contribution in [3.05, 3.63) is 29.8 Å². The highest BCUT2D eigenvalue weighted by Crippen LogP contribution is 2.16. The van der Waals surface area contributed by atoms with Gasteiger partial charge in [0.05, 0.1) is 13.2 Å². The summed E-state index contributed by atoms with van der Waals surface area (Å²) in [5, 5.41) is 3.43. The van der Waals surface area contributed by atoms with Gasteiger partial charge in [-0.15, -0.1) is 0 Å². The van der Waals surface area contributed by atoms with Crippen molar-refractivity contribution >= 4 is 5.69 Å². The molecule has 0 spiro atoms. The van der Waals surface area contributed by atoms with Gasteiger partial charge in [0.1, 0.15) is 0 Å². The molecule has 0 heterocycles. The number of ether oxygens (including phenoxy) is 2. The van der Waals surface area contributed by atoms with Crippen LogP contribution in [-0.4, -0.2) is 26.4 Å². The molecule has 0 aliphatic heterocycles. The number of para-hydroxylation sites is 1. The van der Waals surface area contributed by atoms with Gasteiger partial charge in [0, 0.05) is 31.0 Å². The first-order valence-corrected chi connectivity index (χ1v) is 5.69. The first kappa shape index (κ1) is 13.0. The van der Waals surface area contributed by atoms with Crippen LogP contribution in [0.3, 0.4) is 0 Å². The Morgan fingerprint density at radius 2 is 2.06 bits per heavy atom. The van der Waals surface area contributed by atoms with E-state index in [0.29, 0.717) is 12.6 Å². The summed E-state index contributed by atoms with van der Waals surface area (Å²) < 4.78 is 10.5. The lowest BCUT2D eigenvalue weighted by Crippen LogP contribution is -2.22. The fourth-order valence-electron chi connectivity index (χ4n) is 1.54. The predicted molar refractivity (Wildman–Crippen MR) is 66.7 cm³/mol. The molecule has 0 fully saturated rings. The van der Waals surface area contributed by atoms with Gasteiger partial charge in [0.15, 0.2) is 0 Å². The van der Waals surface area contributed by atoms with E-state index in [1.807, 2.05) is 19.1 Å². The summed E-state index contributed by atoms with van der Waals surface area (Å²) in [5.41, 5.74) is 2.30. The van der Waals surface area contributed by atoms with Crippen molar-refractivity contribution in [1.82, 2.24) is 0 Å². The third-order valence-electron chi connectivity index (χ3n) is 2.29. The number of hydrogen-bond donors (Lipinski definition) is 1. The minimum Gasteiger partial charge on any atom is -0.380 e. The van der Waals surface area contributed by atoms with Crippen LogP contribution in [0.4, 0.5) is 5.69 Å². The molecule has 0 radical (unpaired) electrons. The molecule has 1 unspecified atom stereocenters. The molecule has 0 bridgehead atoms. The molecule has 0 amide bonds. The normalized spacial score (nSPS) is 12.4. The molecular formula is C13H21NO2. The first-order valence-electron chi connectivity index (χ1n) is 5.69. The van der Waals surface area contributed by atoms with Gasteiger partial charge in [0.2, 0.25) is 0 Å². The van der Waals surface area contributed by atoms with Crippen LogP contribution in [0.2, 0.25) is 0 Å². The number of rotatable bonds is 7. The van der Waals surface area contributed by atoms with E-state index in [1.165, 1.54) is 5.56 Å². The molecular weight excluding hydrogens is 202 g/mol. The molecule has 1 N–H and O–H groups in total. The average molecular weight is 223 g/mol. The molecule has 0 saturated carbocycles. The largest absolute Gasteiger partial charge is 0.380 e. The zero-order chi connectivity index (χ0) is 11.8. The SMILES string of the molecule is CCOCC(C)Nc1ccccc1COC. The Labute approximate surface area is 97.8 Å². The van der Waals surface area contributed by atoms with E-state index in [-0.39, 0.29) is 0 Å². The molecule has 0 saturated heterocycles. The minimum atomic E-state index is 0.304. The Kier molecular flexibility index (Phi) is 5.90. The Bertz CT molecular complexity index is 302.